The van der Waals surface area contributed by atoms with E-state index in [4.69, 9.17) is 4.74 Å². The average Bonchev–Trinajstić information content (AvgIpc) is 2.16. The van der Waals surface area contributed by atoms with Crippen molar-refractivity contribution in [2.75, 3.05) is 20.2 Å². The lowest BCUT2D eigenvalue weighted by molar-refractivity contribution is 0.178. The van der Waals surface area contributed by atoms with E-state index >= 15 is 0 Å². The van der Waals surface area contributed by atoms with Crippen molar-refractivity contribution in [1.82, 2.24) is 5.32 Å². The fraction of sp³-hybridized carbons (Fsp3) is 0.500. The van der Waals surface area contributed by atoms with Crippen LogP contribution < -0.4 is 10.1 Å². The van der Waals surface area contributed by atoms with E-state index in [0.29, 0.717) is 6.61 Å². The molecular weight excluding hydrogens is 334 g/mol. The summed E-state index contributed by atoms with van der Waals surface area (Å²) < 4.78 is 7.82. The quantitative estimate of drug-likeness (QED) is 0.871. The van der Waals surface area contributed by atoms with Gasteiger partial charge in [-0.3, -0.25) is 0 Å². The van der Waals surface area contributed by atoms with Crippen LogP contribution in [0.2, 0.25) is 0 Å². The Labute approximate surface area is 114 Å². The maximum atomic E-state index is 5.80. The summed E-state index contributed by atoms with van der Waals surface area (Å²) in [5.74, 6) is 0.882. The topological polar surface area (TPSA) is 21.3 Å². The lowest BCUT2D eigenvalue weighted by atomic mass is 9.95. The van der Waals surface area contributed by atoms with Crippen LogP contribution in [0.4, 0.5) is 0 Å². The van der Waals surface area contributed by atoms with Gasteiger partial charge in [0.2, 0.25) is 0 Å². The van der Waals surface area contributed by atoms with Crippen molar-refractivity contribution in [2.24, 2.45) is 5.41 Å². The predicted molar refractivity (Wildman–Crippen MR) is 75.0 cm³/mol. The van der Waals surface area contributed by atoms with Crippen molar-refractivity contribution in [3.05, 3.63) is 27.1 Å². The summed E-state index contributed by atoms with van der Waals surface area (Å²) >= 11 is 6.90. The van der Waals surface area contributed by atoms with E-state index in [1.54, 1.807) is 0 Å². The minimum absolute atomic E-state index is 0.126. The lowest BCUT2D eigenvalue weighted by Gasteiger charge is -2.24. The van der Waals surface area contributed by atoms with E-state index in [9.17, 15) is 0 Å². The number of halogens is 2. The van der Waals surface area contributed by atoms with E-state index in [2.05, 4.69) is 51.0 Å². The number of nitrogens with one attached hydrogen (secondary N) is 1. The third kappa shape index (κ3) is 4.44. The lowest BCUT2D eigenvalue weighted by Crippen LogP contribution is -2.32. The van der Waals surface area contributed by atoms with Crippen LogP contribution in [0, 0.1) is 5.41 Å². The first-order chi connectivity index (χ1) is 7.44. The predicted octanol–water partition coefficient (Wildman–Crippen LogP) is 3.84. The van der Waals surface area contributed by atoms with Crippen molar-refractivity contribution in [2.45, 2.75) is 13.8 Å². The zero-order chi connectivity index (χ0) is 12.2. The van der Waals surface area contributed by atoms with Gasteiger partial charge in [-0.1, -0.05) is 29.8 Å². The fourth-order valence-electron chi connectivity index (χ4n) is 1.39. The Morgan fingerprint density at radius 2 is 2.00 bits per heavy atom. The van der Waals surface area contributed by atoms with Gasteiger partial charge >= 0.3 is 0 Å². The monoisotopic (exact) mass is 349 g/mol. The molecule has 1 aromatic rings. The molecule has 0 aliphatic rings. The molecule has 1 N–H and O–H groups in total. The first-order valence-electron chi connectivity index (χ1n) is 5.17. The van der Waals surface area contributed by atoms with Gasteiger partial charge in [0, 0.05) is 16.4 Å². The van der Waals surface area contributed by atoms with Crippen molar-refractivity contribution < 1.29 is 4.74 Å². The van der Waals surface area contributed by atoms with E-state index < -0.39 is 0 Å². The molecule has 0 heterocycles. The van der Waals surface area contributed by atoms with Crippen LogP contribution in [0.25, 0.3) is 0 Å². The van der Waals surface area contributed by atoms with Crippen LogP contribution in [0.3, 0.4) is 0 Å². The Balaban J connectivity index is 2.61. The van der Waals surface area contributed by atoms with Gasteiger partial charge in [-0.2, -0.15) is 0 Å². The Hall–Kier alpha value is -0.0600. The van der Waals surface area contributed by atoms with Crippen molar-refractivity contribution >= 4 is 31.9 Å². The standard InChI is InChI=1S/C12H17Br2NO/c1-12(2,7-15-3)8-16-11-5-4-9(13)6-10(11)14/h4-6,15H,7-8H2,1-3H3. The molecule has 0 amide bonds. The van der Waals surface area contributed by atoms with E-state index in [-0.39, 0.29) is 5.41 Å². The van der Waals surface area contributed by atoms with Gasteiger partial charge < -0.3 is 10.1 Å². The molecule has 0 aliphatic carbocycles. The highest BCUT2D eigenvalue weighted by Gasteiger charge is 2.18. The molecule has 1 rings (SSSR count). The highest BCUT2D eigenvalue weighted by atomic mass is 79.9. The third-order valence-corrected chi connectivity index (χ3v) is 3.28. The summed E-state index contributed by atoms with van der Waals surface area (Å²) in [6.45, 7) is 5.97. The molecule has 0 unspecified atom stereocenters. The summed E-state index contributed by atoms with van der Waals surface area (Å²) in [6.07, 6.45) is 0. The highest BCUT2D eigenvalue weighted by molar-refractivity contribution is 9.11. The molecule has 0 spiro atoms. The summed E-state index contributed by atoms with van der Waals surface area (Å²) in [5, 5.41) is 3.17. The molecule has 0 aromatic heterocycles. The maximum Gasteiger partial charge on any atom is 0.133 e. The smallest absolute Gasteiger partial charge is 0.133 e. The molecule has 4 heteroatoms. The first-order valence-corrected chi connectivity index (χ1v) is 6.76. The second-order valence-corrected chi connectivity index (χ2v) is 6.33. The molecule has 0 saturated carbocycles. The Morgan fingerprint density at radius 3 is 2.56 bits per heavy atom. The molecule has 2 nitrogen and oxygen atoms in total. The van der Waals surface area contributed by atoms with Gasteiger partial charge in [0.1, 0.15) is 5.75 Å². The fourth-order valence-corrected chi connectivity index (χ4v) is 2.56. The SMILES string of the molecule is CNCC(C)(C)COc1ccc(Br)cc1Br. The summed E-state index contributed by atoms with van der Waals surface area (Å²) in [5.41, 5.74) is 0.126. The molecule has 0 fully saturated rings. The summed E-state index contributed by atoms with van der Waals surface area (Å²) in [6, 6.07) is 5.93. The largest absolute Gasteiger partial charge is 0.492 e. The second kappa shape index (κ2) is 6.03. The minimum Gasteiger partial charge on any atom is -0.492 e. The maximum absolute atomic E-state index is 5.80. The summed E-state index contributed by atoms with van der Waals surface area (Å²) in [7, 11) is 1.96. The molecule has 90 valence electrons. The molecule has 1 aromatic carbocycles. The van der Waals surface area contributed by atoms with Crippen LogP contribution in [-0.4, -0.2) is 20.2 Å². The minimum atomic E-state index is 0.126. The van der Waals surface area contributed by atoms with E-state index in [1.165, 1.54) is 0 Å². The molecule has 0 bridgehead atoms. The van der Waals surface area contributed by atoms with Crippen LogP contribution >= 0.6 is 31.9 Å². The normalized spacial score (nSPS) is 11.6. The van der Waals surface area contributed by atoms with Crippen LogP contribution in [0.1, 0.15) is 13.8 Å². The van der Waals surface area contributed by atoms with Crippen LogP contribution in [-0.2, 0) is 0 Å². The summed E-state index contributed by atoms with van der Waals surface area (Å²) in [4.78, 5) is 0. The molecule has 0 radical (unpaired) electrons. The first kappa shape index (κ1) is 14.0. The number of rotatable bonds is 5. The van der Waals surface area contributed by atoms with Gasteiger partial charge in [0.05, 0.1) is 11.1 Å². The molecule has 16 heavy (non-hydrogen) atoms. The number of hydrogen-bond donors (Lipinski definition) is 1. The molecule has 0 atom stereocenters. The number of hydrogen-bond acceptors (Lipinski definition) is 2. The Bertz CT molecular complexity index is 353. The van der Waals surface area contributed by atoms with Crippen LogP contribution in [0.15, 0.2) is 27.1 Å². The van der Waals surface area contributed by atoms with Gasteiger partial charge in [0.15, 0.2) is 0 Å². The van der Waals surface area contributed by atoms with Gasteiger partial charge in [0.25, 0.3) is 0 Å². The number of benzene rings is 1. The Morgan fingerprint density at radius 1 is 1.31 bits per heavy atom. The third-order valence-electron chi connectivity index (χ3n) is 2.17. The zero-order valence-electron chi connectivity index (χ0n) is 9.81. The molecule has 0 aliphatic heterocycles. The molecular formula is C12H17Br2NO. The zero-order valence-corrected chi connectivity index (χ0v) is 13.0. The second-order valence-electron chi connectivity index (χ2n) is 4.56. The number of ether oxygens (including phenoxy) is 1. The Kier molecular flexibility index (Phi) is 5.28. The van der Waals surface area contributed by atoms with Crippen LogP contribution in [0.5, 0.6) is 5.75 Å². The highest BCUT2D eigenvalue weighted by Crippen LogP contribution is 2.29. The van der Waals surface area contributed by atoms with Gasteiger partial charge in [-0.05, 0) is 41.2 Å². The van der Waals surface area contributed by atoms with E-state index in [0.717, 1.165) is 21.2 Å². The van der Waals surface area contributed by atoms with Gasteiger partial charge in [-0.25, -0.2) is 0 Å². The van der Waals surface area contributed by atoms with E-state index in [1.807, 2.05) is 25.2 Å². The van der Waals surface area contributed by atoms with Crippen molar-refractivity contribution in [1.29, 1.82) is 0 Å². The average molecular weight is 351 g/mol. The van der Waals surface area contributed by atoms with Crippen molar-refractivity contribution in [3.63, 3.8) is 0 Å². The van der Waals surface area contributed by atoms with Crippen molar-refractivity contribution in [3.8, 4) is 5.75 Å². The van der Waals surface area contributed by atoms with Gasteiger partial charge in [-0.15, -0.1) is 0 Å². The molecule has 0 saturated heterocycles.